The van der Waals surface area contributed by atoms with Crippen LogP contribution in [0.3, 0.4) is 0 Å². The van der Waals surface area contributed by atoms with Crippen LogP contribution < -0.4 is 4.90 Å². The number of ether oxygens (including phenoxy) is 1. The number of anilines is 1. The highest BCUT2D eigenvalue weighted by molar-refractivity contribution is 6.04. The molecule has 1 atom stereocenters. The van der Waals surface area contributed by atoms with Crippen molar-refractivity contribution in [1.82, 2.24) is 4.90 Å². The van der Waals surface area contributed by atoms with Crippen LogP contribution in [-0.4, -0.2) is 54.7 Å². The standard InChI is InChI=1S/C26H38N2O4.C3H8/c1-5-7-21(19-25(30)32-4)13-16-27-17-14-23(15-18-27)28(26(31)24(29)8-6-2)22-11-9-20(3)10-12-22;1-3-2/h6,8-12,21,23,29H,2,5,7,13-19H2,1,3-4H3;3H2,1-2H3/b24-8-;. The van der Waals surface area contributed by atoms with Crippen molar-refractivity contribution in [3.8, 4) is 0 Å². The molecule has 0 aromatic heterocycles. The third-order valence-corrected chi connectivity index (χ3v) is 6.18. The second-order valence-corrected chi connectivity index (χ2v) is 9.30. The highest BCUT2D eigenvalue weighted by Crippen LogP contribution is 2.27. The van der Waals surface area contributed by atoms with Gasteiger partial charge in [-0.25, -0.2) is 0 Å². The van der Waals surface area contributed by atoms with Gasteiger partial charge in [0.2, 0.25) is 0 Å². The normalized spacial score (nSPS) is 15.5. The van der Waals surface area contributed by atoms with Crippen molar-refractivity contribution in [1.29, 1.82) is 0 Å². The Morgan fingerprint density at radius 1 is 1.17 bits per heavy atom. The summed E-state index contributed by atoms with van der Waals surface area (Å²) < 4.78 is 4.85. The van der Waals surface area contributed by atoms with Crippen molar-refractivity contribution in [2.75, 3.05) is 31.6 Å². The van der Waals surface area contributed by atoms with Crippen molar-refractivity contribution in [2.45, 2.75) is 78.7 Å². The second kappa shape index (κ2) is 16.9. The molecule has 0 radical (unpaired) electrons. The number of esters is 1. The molecular weight excluding hydrogens is 440 g/mol. The van der Waals surface area contributed by atoms with Gasteiger partial charge in [0.05, 0.1) is 7.11 Å². The fourth-order valence-electron chi connectivity index (χ4n) is 4.35. The number of hydrogen-bond donors (Lipinski definition) is 1. The molecular formula is C29H46N2O4. The molecule has 1 saturated heterocycles. The van der Waals surface area contributed by atoms with E-state index in [0.717, 1.165) is 63.0 Å². The van der Waals surface area contributed by atoms with E-state index in [2.05, 4.69) is 32.3 Å². The highest BCUT2D eigenvalue weighted by Gasteiger charge is 2.31. The number of piperidine rings is 1. The average molecular weight is 487 g/mol. The summed E-state index contributed by atoms with van der Waals surface area (Å²) in [6, 6.07) is 7.84. The quantitative estimate of drug-likeness (QED) is 0.174. The number of hydrogen-bond acceptors (Lipinski definition) is 5. The monoisotopic (exact) mass is 486 g/mol. The SMILES string of the molecule is C=C/C=C(\O)C(=O)N(c1ccc(C)cc1)C1CCN(CCC(CCC)CC(=O)OC)CC1.CCC. The molecule has 0 aliphatic carbocycles. The van der Waals surface area contributed by atoms with Crippen molar-refractivity contribution >= 4 is 17.6 Å². The molecule has 6 nitrogen and oxygen atoms in total. The van der Waals surface area contributed by atoms with Crippen LogP contribution in [0.25, 0.3) is 0 Å². The van der Waals surface area contributed by atoms with Gasteiger partial charge in [0, 0.05) is 31.2 Å². The third kappa shape index (κ3) is 10.7. The molecule has 0 spiro atoms. The van der Waals surface area contributed by atoms with Gasteiger partial charge in [-0.1, -0.05) is 70.4 Å². The molecule has 0 bridgehead atoms. The minimum absolute atomic E-state index is 0.0170. The largest absolute Gasteiger partial charge is 0.503 e. The van der Waals surface area contributed by atoms with Crippen LogP contribution >= 0.6 is 0 Å². The van der Waals surface area contributed by atoms with E-state index in [4.69, 9.17) is 4.74 Å². The number of carbonyl (C=O) groups excluding carboxylic acids is 2. The van der Waals surface area contributed by atoms with Gasteiger partial charge in [0.15, 0.2) is 5.76 Å². The molecule has 1 aromatic rings. The maximum Gasteiger partial charge on any atom is 0.305 e. The highest BCUT2D eigenvalue weighted by atomic mass is 16.5. The molecule has 35 heavy (non-hydrogen) atoms. The van der Waals surface area contributed by atoms with E-state index in [9.17, 15) is 14.7 Å². The maximum absolute atomic E-state index is 13.0. The minimum Gasteiger partial charge on any atom is -0.503 e. The Labute approximate surface area is 212 Å². The fraction of sp³-hybridized carbons (Fsp3) is 0.586. The fourth-order valence-corrected chi connectivity index (χ4v) is 4.35. The second-order valence-electron chi connectivity index (χ2n) is 9.30. The molecule has 0 saturated carbocycles. The van der Waals surface area contributed by atoms with Gasteiger partial charge in [-0.3, -0.25) is 9.59 Å². The Morgan fingerprint density at radius 3 is 2.29 bits per heavy atom. The van der Waals surface area contributed by atoms with Crippen LogP contribution in [0.5, 0.6) is 0 Å². The van der Waals surface area contributed by atoms with E-state index in [1.54, 1.807) is 4.90 Å². The lowest BCUT2D eigenvalue weighted by Crippen LogP contribution is -2.48. The van der Waals surface area contributed by atoms with E-state index >= 15 is 0 Å². The van der Waals surface area contributed by atoms with Crippen molar-refractivity contribution in [3.63, 3.8) is 0 Å². The first-order chi connectivity index (χ1) is 16.8. The van der Waals surface area contributed by atoms with Crippen LogP contribution in [0.1, 0.15) is 71.3 Å². The van der Waals surface area contributed by atoms with Gasteiger partial charge in [0.1, 0.15) is 0 Å². The number of rotatable bonds is 11. The predicted octanol–water partition coefficient (Wildman–Crippen LogP) is 6.21. The third-order valence-electron chi connectivity index (χ3n) is 6.18. The van der Waals surface area contributed by atoms with Crippen LogP contribution in [0.15, 0.2) is 48.8 Å². The van der Waals surface area contributed by atoms with Crippen molar-refractivity contribution in [2.24, 2.45) is 5.92 Å². The lowest BCUT2D eigenvalue weighted by molar-refractivity contribution is -0.141. The number of allylic oxidation sites excluding steroid dienone is 2. The zero-order chi connectivity index (χ0) is 26.2. The topological polar surface area (TPSA) is 70.1 Å². The summed E-state index contributed by atoms with van der Waals surface area (Å²) in [4.78, 5) is 28.8. The molecule has 1 aromatic carbocycles. The van der Waals surface area contributed by atoms with E-state index in [1.807, 2.05) is 31.2 Å². The van der Waals surface area contributed by atoms with Crippen LogP contribution in [-0.2, 0) is 14.3 Å². The Morgan fingerprint density at radius 2 is 1.77 bits per heavy atom. The lowest BCUT2D eigenvalue weighted by atomic mass is 9.95. The van der Waals surface area contributed by atoms with Gasteiger partial charge in [-0.2, -0.15) is 0 Å². The van der Waals surface area contributed by atoms with Gasteiger partial charge in [-0.05, 0) is 56.9 Å². The number of carbonyl (C=O) groups is 2. The summed E-state index contributed by atoms with van der Waals surface area (Å²) in [5, 5.41) is 10.2. The summed E-state index contributed by atoms with van der Waals surface area (Å²) >= 11 is 0. The molecule has 2 rings (SSSR count). The van der Waals surface area contributed by atoms with Crippen molar-refractivity contribution < 1.29 is 19.4 Å². The maximum atomic E-state index is 13.0. The van der Waals surface area contributed by atoms with Crippen LogP contribution in [0, 0.1) is 12.8 Å². The molecule has 6 heteroatoms. The summed E-state index contributed by atoms with van der Waals surface area (Å²) in [6.07, 6.45) is 9.20. The molecule has 196 valence electrons. The van der Waals surface area contributed by atoms with Gasteiger partial charge in [-0.15, -0.1) is 0 Å². The number of nitrogens with zero attached hydrogens (tertiary/aromatic N) is 2. The first kappa shape index (κ1) is 30.4. The molecule has 1 amide bonds. The van der Waals surface area contributed by atoms with Crippen LogP contribution in [0.2, 0.25) is 0 Å². The molecule has 1 aliphatic heterocycles. The number of aryl methyl sites for hydroxylation is 1. The molecule has 1 unspecified atom stereocenters. The summed E-state index contributed by atoms with van der Waals surface area (Å²) in [6.45, 7) is 14.7. The van der Waals surface area contributed by atoms with Gasteiger partial charge < -0.3 is 19.6 Å². The zero-order valence-corrected chi connectivity index (χ0v) is 22.5. The number of methoxy groups -OCH3 is 1. The molecule has 1 heterocycles. The molecule has 1 N–H and O–H groups in total. The van der Waals surface area contributed by atoms with E-state index in [-0.39, 0.29) is 17.8 Å². The molecule has 1 aliphatic rings. The number of aliphatic hydroxyl groups is 1. The minimum atomic E-state index is -0.395. The zero-order valence-electron chi connectivity index (χ0n) is 22.5. The van der Waals surface area contributed by atoms with Gasteiger partial charge in [0.25, 0.3) is 5.91 Å². The smallest absolute Gasteiger partial charge is 0.305 e. The summed E-state index contributed by atoms with van der Waals surface area (Å²) in [7, 11) is 1.44. The molecule has 1 fully saturated rings. The van der Waals surface area contributed by atoms with E-state index < -0.39 is 5.91 Å². The Balaban J connectivity index is 0.00000194. The van der Waals surface area contributed by atoms with Crippen LogP contribution in [0.4, 0.5) is 5.69 Å². The van der Waals surface area contributed by atoms with Crippen molar-refractivity contribution in [3.05, 3.63) is 54.3 Å². The summed E-state index contributed by atoms with van der Waals surface area (Å²) in [5.74, 6) is -0.486. The summed E-state index contributed by atoms with van der Waals surface area (Å²) in [5.41, 5.74) is 1.92. The first-order valence-electron chi connectivity index (χ1n) is 13.0. The Hall–Kier alpha value is -2.60. The number of benzene rings is 1. The number of likely N-dealkylation sites (tertiary alicyclic amines) is 1. The average Bonchev–Trinajstić information content (AvgIpc) is 2.85. The van der Waals surface area contributed by atoms with E-state index in [0.29, 0.717) is 12.3 Å². The van der Waals surface area contributed by atoms with Gasteiger partial charge >= 0.3 is 5.97 Å². The predicted molar refractivity (Wildman–Crippen MR) is 145 cm³/mol. The number of aliphatic hydroxyl groups excluding tert-OH is 1. The Kier molecular flexibility index (Phi) is 14.7. The Bertz CT molecular complexity index is 795. The lowest BCUT2D eigenvalue weighted by Gasteiger charge is -2.38. The van der Waals surface area contributed by atoms with E-state index in [1.165, 1.54) is 25.7 Å². The first-order valence-corrected chi connectivity index (χ1v) is 13.0. The number of amides is 1.